The fourth-order valence-corrected chi connectivity index (χ4v) is 4.78. The van der Waals surface area contributed by atoms with E-state index >= 15 is 0 Å². The number of hydrogen-bond acceptors (Lipinski definition) is 6. The first-order valence-electron chi connectivity index (χ1n) is 8.86. The van der Waals surface area contributed by atoms with Crippen LogP contribution in [0.25, 0.3) is 0 Å². The molecule has 10 heteroatoms. The third kappa shape index (κ3) is 3.49. The molecule has 0 saturated carbocycles. The Morgan fingerprint density at radius 2 is 1.79 bits per heavy atom. The Hall–Kier alpha value is -3.53. The Balaban J connectivity index is 1.87. The highest BCUT2D eigenvalue weighted by molar-refractivity contribution is 7.93. The number of nitrogens with zero attached hydrogens (tertiary/aromatic N) is 5. The average molecular weight is 411 g/mol. The van der Waals surface area contributed by atoms with Gasteiger partial charge in [-0.1, -0.05) is 59.8 Å². The summed E-state index contributed by atoms with van der Waals surface area (Å²) in [5.41, 5.74) is 0.889. The van der Waals surface area contributed by atoms with Gasteiger partial charge in [-0.25, -0.2) is 17.4 Å². The fourth-order valence-electron chi connectivity index (χ4n) is 3.20. The first-order chi connectivity index (χ1) is 14.0. The first-order valence-corrected chi connectivity index (χ1v) is 10.3. The average Bonchev–Trinajstić information content (AvgIpc) is 3.16. The van der Waals surface area contributed by atoms with Crippen LogP contribution in [0.2, 0.25) is 0 Å². The number of nitro benzene ring substituents is 1. The maximum atomic E-state index is 13.6. The molecule has 0 atom stereocenters. The summed E-state index contributed by atoms with van der Waals surface area (Å²) >= 11 is 0. The van der Waals surface area contributed by atoms with Crippen LogP contribution in [-0.2, 0) is 29.5 Å². The van der Waals surface area contributed by atoms with Gasteiger partial charge in [-0.3, -0.25) is 10.1 Å². The maximum Gasteiger partial charge on any atom is 0.289 e. The molecule has 0 bridgehead atoms. The zero-order chi connectivity index (χ0) is 20.4. The third-order valence-electron chi connectivity index (χ3n) is 4.61. The van der Waals surface area contributed by atoms with Crippen molar-refractivity contribution in [3.63, 3.8) is 0 Å². The monoisotopic (exact) mass is 411 g/mol. The van der Waals surface area contributed by atoms with E-state index in [9.17, 15) is 18.5 Å². The highest BCUT2D eigenvalue weighted by Gasteiger charge is 2.35. The summed E-state index contributed by atoms with van der Waals surface area (Å²) in [6.45, 7) is 0.470. The normalized spacial score (nSPS) is 13.1. The zero-order valence-electron chi connectivity index (χ0n) is 15.2. The van der Waals surface area contributed by atoms with Crippen LogP contribution < -0.4 is 4.31 Å². The molecule has 0 spiro atoms. The number of sulfonamides is 1. The molecule has 3 aromatic rings. The summed E-state index contributed by atoms with van der Waals surface area (Å²) in [7, 11) is -4.28. The van der Waals surface area contributed by atoms with Gasteiger partial charge >= 0.3 is 0 Å². The zero-order valence-corrected chi connectivity index (χ0v) is 16.1. The van der Waals surface area contributed by atoms with Crippen molar-refractivity contribution in [3.05, 3.63) is 88.1 Å². The second-order valence-electron chi connectivity index (χ2n) is 6.44. The second kappa shape index (κ2) is 7.47. The van der Waals surface area contributed by atoms with Crippen molar-refractivity contribution in [2.24, 2.45) is 0 Å². The van der Waals surface area contributed by atoms with Crippen molar-refractivity contribution >= 4 is 21.5 Å². The lowest BCUT2D eigenvalue weighted by Gasteiger charge is -2.23. The van der Waals surface area contributed by atoms with E-state index in [0.717, 1.165) is 9.87 Å². The van der Waals surface area contributed by atoms with E-state index in [4.69, 9.17) is 0 Å². The Bertz CT molecular complexity index is 1190. The molecule has 4 rings (SSSR count). The van der Waals surface area contributed by atoms with Crippen LogP contribution >= 0.6 is 0 Å². The summed E-state index contributed by atoms with van der Waals surface area (Å²) in [6, 6.07) is 14.3. The van der Waals surface area contributed by atoms with Gasteiger partial charge in [-0.05, 0) is 11.6 Å². The number of aromatic nitrogens is 3. The predicted molar refractivity (Wildman–Crippen MR) is 106 cm³/mol. The molecule has 0 saturated heterocycles. The molecule has 29 heavy (non-hydrogen) atoms. The van der Waals surface area contributed by atoms with E-state index in [1.807, 2.05) is 18.2 Å². The number of rotatable bonds is 6. The van der Waals surface area contributed by atoms with Crippen molar-refractivity contribution in [1.29, 1.82) is 0 Å². The van der Waals surface area contributed by atoms with Gasteiger partial charge in [-0.15, -0.1) is 5.10 Å². The van der Waals surface area contributed by atoms with E-state index in [1.165, 1.54) is 24.3 Å². The summed E-state index contributed by atoms with van der Waals surface area (Å²) in [5, 5.41) is 19.6. The number of para-hydroxylation sites is 1. The van der Waals surface area contributed by atoms with Crippen molar-refractivity contribution < 1.29 is 13.3 Å². The van der Waals surface area contributed by atoms with Crippen LogP contribution in [0.3, 0.4) is 0 Å². The molecule has 0 radical (unpaired) electrons. The van der Waals surface area contributed by atoms with Gasteiger partial charge in [0.1, 0.15) is 0 Å². The van der Waals surface area contributed by atoms with Crippen molar-refractivity contribution in [2.45, 2.75) is 24.4 Å². The first kappa shape index (κ1) is 18.8. The van der Waals surface area contributed by atoms with Gasteiger partial charge < -0.3 is 0 Å². The topological polar surface area (TPSA) is 111 Å². The number of allylic oxidation sites excluding steroid dienone is 2. The van der Waals surface area contributed by atoms with Crippen LogP contribution in [-0.4, -0.2) is 28.3 Å². The highest BCUT2D eigenvalue weighted by atomic mass is 32.2. The summed E-state index contributed by atoms with van der Waals surface area (Å²) in [6.07, 6.45) is 4.31. The van der Waals surface area contributed by atoms with Crippen LogP contribution in [0, 0.1) is 10.1 Å². The fraction of sp³-hybridized carbons (Fsp3) is 0.158. The SMILES string of the molecule is O=[N+]([O-])c1ccccc1S(=O)(=O)N(Cc1ccccc1)c1nnn2c1CC=CC2. The molecular weight excluding hydrogens is 394 g/mol. The van der Waals surface area contributed by atoms with Crippen molar-refractivity contribution in [2.75, 3.05) is 4.31 Å². The Morgan fingerprint density at radius 3 is 2.55 bits per heavy atom. The van der Waals surface area contributed by atoms with Gasteiger partial charge in [0.25, 0.3) is 15.7 Å². The molecule has 2 aromatic carbocycles. The molecule has 1 aliphatic heterocycles. The lowest BCUT2D eigenvalue weighted by atomic mass is 10.2. The third-order valence-corrected chi connectivity index (χ3v) is 6.39. The molecule has 1 aromatic heterocycles. The van der Waals surface area contributed by atoms with Gasteiger partial charge in [0.2, 0.25) is 0 Å². The largest absolute Gasteiger partial charge is 0.289 e. The van der Waals surface area contributed by atoms with Gasteiger partial charge in [0, 0.05) is 12.5 Å². The standard InChI is InChI=1S/C19H17N5O4S/c25-24(26)16-10-4-5-12-18(16)29(27,28)23(14-15-8-2-1-3-9-15)19-17-11-6-7-13-22(17)21-20-19/h1-10,12H,11,13-14H2. The second-order valence-corrected chi connectivity index (χ2v) is 8.27. The molecule has 0 unspecified atom stereocenters. The number of nitro groups is 1. The van der Waals surface area contributed by atoms with Crippen LogP contribution in [0.15, 0.2) is 71.6 Å². The molecule has 0 fully saturated rings. The molecule has 0 amide bonds. The number of benzene rings is 2. The molecule has 9 nitrogen and oxygen atoms in total. The van der Waals surface area contributed by atoms with Crippen LogP contribution in [0.5, 0.6) is 0 Å². The van der Waals surface area contributed by atoms with Crippen LogP contribution in [0.1, 0.15) is 11.3 Å². The van der Waals surface area contributed by atoms with Gasteiger partial charge in [0.05, 0.1) is 23.7 Å². The Kier molecular flexibility index (Phi) is 4.85. The predicted octanol–water partition coefficient (Wildman–Crippen LogP) is 2.69. The number of fused-ring (bicyclic) bond motifs is 1. The molecule has 0 aliphatic carbocycles. The minimum atomic E-state index is -4.28. The molecule has 148 valence electrons. The molecule has 1 aliphatic rings. The van der Waals surface area contributed by atoms with Gasteiger partial charge in [-0.2, -0.15) is 0 Å². The summed E-state index contributed by atoms with van der Waals surface area (Å²) in [5.74, 6) is 0.177. The number of hydrogen-bond donors (Lipinski definition) is 0. The van der Waals surface area contributed by atoms with E-state index in [2.05, 4.69) is 10.3 Å². The number of anilines is 1. The lowest BCUT2D eigenvalue weighted by Crippen LogP contribution is -2.32. The quantitative estimate of drug-likeness (QED) is 0.350. The summed E-state index contributed by atoms with van der Waals surface area (Å²) < 4.78 is 29.9. The summed E-state index contributed by atoms with van der Waals surface area (Å²) in [4.78, 5) is 10.4. The van der Waals surface area contributed by atoms with Crippen molar-refractivity contribution in [1.82, 2.24) is 15.0 Å². The Morgan fingerprint density at radius 1 is 1.07 bits per heavy atom. The molecular formula is C19H17N5O4S. The minimum absolute atomic E-state index is 0.0232. The van der Waals surface area contributed by atoms with E-state index < -0.39 is 20.6 Å². The van der Waals surface area contributed by atoms with Crippen LogP contribution in [0.4, 0.5) is 11.5 Å². The molecule has 0 N–H and O–H groups in total. The van der Waals surface area contributed by atoms with Crippen molar-refractivity contribution in [3.8, 4) is 0 Å². The minimum Gasteiger partial charge on any atom is -0.258 e. The maximum absolute atomic E-state index is 13.6. The van der Waals surface area contributed by atoms with E-state index in [0.29, 0.717) is 18.7 Å². The smallest absolute Gasteiger partial charge is 0.258 e. The van der Waals surface area contributed by atoms with Gasteiger partial charge in [0.15, 0.2) is 10.7 Å². The lowest BCUT2D eigenvalue weighted by molar-refractivity contribution is -0.387. The van der Waals surface area contributed by atoms with E-state index in [1.54, 1.807) is 28.9 Å². The van der Waals surface area contributed by atoms with E-state index in [-0.39, 0.29) is 17.3 Å². The molecule has 2 heterocycles. The highest BCUT2D eigenvalue weighted by Crippen LogP contribution is 2.32. The Labute approximate surface area is 167 Å².